The third-order valence-corrected chi connectivity index (χ3v) is 1.84. The van der Waals surface area contributed by atoms with Gasteiger partial charge < -0.3 is 4.74 Å². The minimum absolute atomic E-state index is 0.232. The lowest BCUT2D eigenvalue weighted by Gasteiger charge is -2.06. The van der Waals surface area contributed by atoms with Crippen LogP contribution in [0, 0.1) is 0 Å². The molecule has 2 rings (SSSR count). The number of ether oxygens (including phenoxy) is 1. The van der Waals surface area contributed by atoms with Gasteiger partial charge in [-0.3, -0.25) is 4.98 Å². The number of pyridine rings is 1. The average Bonchev–Trinajstić information content (AvgIpc) is 2.89. The van der Waals surface area contributed by atoms with Crippen LogP contribution in [0.5, 0.6) is 5.75 Å². The molecule has 1 saturated carbocycles. The molecule has 0 N–H and O–H groups in total. The molecule has 0 bridgehead atoms. The molecule has 1 aliphatic rings. The van der Waals surface area contributed by atoms with Crippen LogP contribution in [-0.2, 0) is 11.7 Å². The predicted molar refractivity (Wildman–Crippen MR) is 42.3 cm³/mol. The van der Waals surface area contributed by atoms with E-state index in [4.69, 9.17) is 4.74 Å². The van der Waals surface area contributed by atoms with Crippen molar-refractivity contribution in [1.82, 2.24) is 4.98 Å². The molecule has 0 amide bonds. The molecule has 0 atom stereocenters. The van der Waals surface area contributed by atoms with Crippen LogP contribution >= 0.6 is 0 Å². The Morgan fingerprint density at radius 3 is 3.08 bits per heavy atom. The summed E-state index contributed by atoms with van der Waals surface area (Å²) in [5.74, 6) is 0.662. The zero-order valence-corrected chi connectivity index (χ0v) is 6.69. The molecular formula is C9H10NO2. The Morgan fingerprint density at radius 1 is 1.58 bits per heavy atom. The highest BCUT2D eigenvalue weighted by Crippen LogP contribution is 2.28. The van der Waals surface area contributed by atoms with Crippen LogP contribution in [0.15, 0.2) is 18.5 Å². The van der Waals surface area contributed by atoms with E-state index in [2.05, 4.69) is 4.98 Å². The Kier molecular flexibility index (Phi) is 1.96. The molecule has 1 aromatic heterocycles. The summed E-state index contributed by atoms with van der Waals surface area (Å²) in [5, 5.41) is 10.6. The molecule has 0 aromatic carbocycles. The van der Waals surface area contributed by atoms with Crippen LogP contribution in [0.2, 0.25) is 0 Å². The molecule has 1 heterocycles. The van der Waals surface area contributed by atoms with Crippen molar-refractivity contribution in [2.75, 3.05) is 0 Å². The molecule has 63 valence electrons. The Morgan fingerprint density at radius 2 is 2.42 bits per heavy atom. The molecule has 1 aromatic rings. The molecule has 1 radical (unpaired) electrons. The van der Waals surface area contributed by atoms with Gasteiger partial charge in [-0.25, -0.2) is 5.11 Å². The number of hydrogen-bond acceptors (Lipinski definition) is 2. The monoisotopic (exact) mass is 164 g/mol. The molecule has 1 aliphatic carbocycles. The zero-order chi connectivity index (χ0) is 8.39. The lowest BCUT2D eigenvalue weighted by atomic mass is 10.2. The lowest BCUT2D eigenvalue weighted by molar-refractivity contribution is 0.171. The first-order chi connectivity index (χ1) is 5.90. The van der Waals surface area contributed by atoms with E-state index in [0.717, 1.165) is 12.8 Å². The van der Waals surface area contributed by atoms with Crippen molar-refractivity contribution in [1.29, 1.82) is 0 Å². The van der Waals surface area contributed by atoms with Crippen molar-refractivity contribution < 1.29 is 9.84 Å². The number of nitrogens with zero attached hydrogens (tertiary/aromatic N) is 1. The number of aromatic nitrogens is 1. The van der Waals surface area contributed by atoms with Gasteiger partial charge >= 0.3 is 0 Å². The lowest BCUT2D eigenvalue weighted by Crippen LogP contribution is -1.99. The average molecular weight is 164 g/mol. The van der Waals surface area contributed by atoms with Gasteiger partial charge in [0.1, 0.15) is 12.4 Å². The second-order valence-electron chi connectivity index (χ2n) is 2.94. The highest BCUT2D eigenvalue weighted by atomic mass is 16.5. The van der Waals surface area contributed by atoms with E-state index in [-0.39, 0.29) is 6.61 Å². The summed E-state index contributed by atoms with van der Waals surface area (Å²) in [6.45, 7) is -0.232. The van der Waals surface area contributed by atoms with Crippen molar-refractivity contribution in [3.05, 3.63) is 24.0 Å². The molecule has 0 unspecified atom stereocenters. The highest BCUT2D eigenvalue weighted by molar-refractivity contribution is 5.29. The molecule has 0 aliphatic heterocycles. The third-order valence-electron chi connectivity index (χ3n) is 1.84. The standard InChI is InChI=1S/C9H10NO2/c11-6-7-3-4-10-5-9(7)12-8-1-2-8/h3-5,8H,1-2,6H2. The van der Waals surface area contributed by atoms with Gasteiger partial charge in [-0.2, -0.15) is 0 Å². The summed E-state index contributed by atoms with van der Waals surface area (Å²) < 4.78 is 5.48. The normalized spacial score (nSPS) is 16.1. The second kappa shape index (κ2) is 3.11. The summed E-state index contributed by atoms with van der Waals surface area (Å²) >= 11 is 0. The Bertz CT molecular complexity index is 271. The maximum Gasteiger partial charge on any atom is 0.143 e. The van der Waals surface area contributed by atoms with Gasteiger partial charge in [-0.15, -0.1) is 0 Å². The van der Waals surface area contributed by atoms with Crippen LogP contribution in [0.3, 0.4) is 0 Å². The highest BCUT2D eigenvalue weighted by Gasteiger charge is 2.24. The molecule has 3 nitrogen and oxygen atoms in total. The summed E-state index contributed by atoms with van der Waals surface area (Å²) in [4.78, 5) is 3.91. The van der Waals surface area contributed by atoms with E-state index in [1.165, 1.54) is 0 Å². The van der Waals surface area contributed by atoms with Crippen LogP contribution in [-0.4, -0.2) is 11.1 Å². The van der Waals surface area contributed by atoms with Crippen molar-refractivity contribution in [3.63, 3.8) is 0 Å². The molecule has 0 saturated heterocycles. The van der Waals surface area contributed by atoms with Crippen LogP contribution < -0.4 is 4.74 Å². The summed E-state index contributed by atoms with van der Waals surface area (Å²) in [6, 6.07) is 1.71. The van der Waals surface area contributed by atoms with Crippen LogP contribution in [0.25, 0.3) is 0 Å². The first-order valence-electron chi connectivity index (χ1n) is 4.08. The van der Waals surface area contributed by atoms with Crippen molar-refractivity contribution in [2.45, 2.75) is 25.6 Å². The Labute approximate surface area is 71.0 Å². The first-order valence-corrected chi connectivity index (χ1v) is 4.08. The molecule has 12 heavy (non-hydrogen) atoms. The largest absolute Gasteiger partial charge is 0.488 e. The Hall–Kier alpha value is -1.09. The smallest absolute Gasteiger partial charge is 0.143 e. The fraction of sp³-hybridized carbons (Fsp3) is 0.444. The van der Waals surface area contributed by atoms with Gasteiger partial charge in [0.15, 0.2) is 0 Å². The van der Waals surface area contributed by atoms with E-state index in [1.54, 1.807) is 18.5 Å². The van der Waals surface area contributed by atoms with E-state index in [0.29, 0.717) is 17.4 Å². The predicted octanol–water partition coefficient (Wildman–Crippen LogP) is 1.55. The Balaban J connectivity index is 2.15. The van der Waals surface area contributed by atoms with E-state index in [1.807, 2.05) is 0 Å². The van der Waals surface area contributed by atoms with E-state index in [9.17, 15) is 5.11 Å². The summed E-state index contributed by atoms with van der Waals surface area (Å²) in [6.07, 6.45) is 5.78. The third kappa shape index (κ3) is 1.56. The first kappa shape index (κ1) is 7.55. The van der Waals surface area contributed by atoms with Gasteiger partial charge in [0.2, 0.25) is 0 Å². The van der Waals surface area contributed by atoms with Gasteiger partial charge in [0.25, 0.3) is 0 Å². The molecule has 1 fully saturated rings. The van der Waals surface area contributed by atoms with E-state index < -0.39 is 0 Å². The van der Waals surface area contributed by atoms with E-state index >= 15 is 0 Å². The van der Waals surface area contributed by atoms with Gasteiger partial charge in [-0.05, 0) is 18.9 Å². The van der Waals surface area contributed by atoms with Gasteiger partial charge in [0, 0.05) is 11.8 Å². The van der Waals surface area contributed by atoms with Crippen molar-refractivity contribution in [2.24, 2.45) is 0 Å². The minimum Gasteiger partial charge on any atom is -0.488 e. The van der Waals surface area contributed by atoms with Crippen molar-refractivity contribution >= 4 is 0 Å². The SMILES string of the molecule is [O]Cc1ccncc1OC1CC1. The maximum absolute atomic E-state index is 10.6. The molecule has 3 heteroatoms. The minimum atomic E-state index is -0.232. The van der Waals surface area contributed by atoms with Crippen LogP contribution in [0.1, 0.15) is 18.4 Å². The summed E-state index contributed by atoms with van der Waals surface area (Å²) in [7, 11) is 0. The zero-order valence-electron chi connectivity index (χ0n) is 6.69. The summed E-state index contributed by atoms with van der Waals surface area (Å²) in [5.41, 5.74) is 0.705. The fourth-order valence-electron chi connectivity index (χ4n) is 1.000. The maximum atomic E-state index is 10.6. The van der Waals surface area contributed by atoms with Gasteiger partial charge in [0.05, 0.1) is 12.3 Å². The quantitative estimate of drug-likeness (QED) is 0.680. The van der Waals surface area contributed by atoms with Gasteiger partial charge in [-0.1, -0.05) is 0 Å². The molecule has 0 spiro atoms. The van der Waals surface area contributed by atoms with Crippen LogP contribution in [0.4, 0.5) is 0 Å². The second-order valence-corrected chi connectivity index (χ2v) is 2.94. The number of hydrogen-bond donors (Lipinski definition) is 0. The number of rotatable bonds is 3. The van der Waals surface area contributed by atoms with Crippen molar-refractivity contribution in [3.8, 4) is 5.75 Å². The fourth-order valence-corrected chi connectivity index (χ4v) is 1.000. The topological polar surface area (TPSA) is 42.0 Å². The molecular weight excluding hydrogens is 154 g/mol.